The van der Waals surface area contributed by atoms with Crippen LogP contribution in [0.4, 0.5) is 0 Å². The summed E-state index contributed by atoms with van der Waals surface area (Å²) in [5.74, 6) is 3.50. The maximum absolute atomic E-state index is 6.07. The third kappa shape index (κ3) is 2.57. The lowest BCUT2D eigenvalue weighted by atomic mass is 10.00. The van der Waals surface area contributed by atoms with Gasteiger partial charge in [0.2, 0.25) is 0 Å². The lowest BCUT2D eigenvalue weighted by Gasteiger charge is -2.30. The number of aromatic nitrogens is 3. The molecular formula is C13H22N6. The Kier molecular flexibility index (Phi) is 3.40. The molecule has 1 saturated heterocycles. The average Bonchev–Trinajstić information content (AvgIpc) is 3.00. The molecule has 1 aromatic rings. The normalized spacial score (nSPS) is 20.9. The van der Waals surface area contributed by atoms with Crippen LogP contribution in [0, 0.1) is 5.92 Å². The Morgan fingerprint density at radius 2 is 2.11 bits per heavy atom. The second-order valence-corrected chi connectivity index (χ2v) is 5.63. The average molecular weight is 262 g/mol. The standard InChI is InChI=1S/C13H22N6/c1-10-4-7-18(8-5-10)13(14)15-9-12-17-16-11-3-2-6-19(11)12/h10H,2-9H2,1H3,(H2,14,15). The van der Waals surface area contributed by atoms with Gasteiger partial charge in [-0.1, -0.05) is 6.92 Å². The molecule has 0 saturated carbocycles. The van der Waals surface area contributed by atoms with E-state index < -0.39 is 0 Å². The van der Waals surface area contributed by atoms with Crippen molar-refractivity contribution in [2.45, 2.75) is 45.7 Å². The zero-order valence-electron chi connectivity index (χ0n) is 11.5. The Morgan fingerprint density at radius 1 is 1.32 bits per heavy atom. The van der Waals surface area contributed by atoms with Crippen LogP contribution in [0.3, 0.4) is 0 Å². The van der Waals surface area contributed by atoms with Gasteiger partial charge in [-0.05, 0) is 25.2 Å². The van der Waals surface area contributed by atoms with Crippen molar-refractivity contribution in [2.75, 3.05) is 13.1 Å². The van der Waals surface area contributed by atoms with Crippen molar-refractivity contribution in [1.29, 1.82) is 0 Å². The zero-order chi connectivity index (χ0) is 13.2. The Bertz CT molecular complexity index is 469. The van der Waals surface area contributed by atoms with E-state index in [1.54, 1.807) is 0 Å². The van der Waals surface area contributed by atoms with E-state index in [0.29, 0.717) is 12.5 Å². The molecule has 0 unspecified atom stereocenters. The van der Waals surface area contributed by atoms with Gasteiger partial charge in [0.05, 0.1) is 0 Å². The van der Waals surface area contributed by atoms with Crippen LogP contribution in [0.15, 0.2) is 4.99 Å². The maximum Gasteiger partial charge on any atom is 0.191 e. The lowest BCUT2D eigenvalue weighted by Crippen LogP contribution is -2.42. The topological polar surface area (TPSA) is 72.3 Å². The van der Waals surface area contributed by atoms with E-state index in [1.807, 2.05) is 0 Å². The molecule has 1 aromatic heterocycles. The zero-order valence-corrected chi connectivity index (χ0v) is 11.5. The molecule has 0 spiro atoms. The summed E-state index contributed by atoms with van der Waals surface area (Å²) in [7, 11) is 0. The van der Waals surface area contributed by atoms with Crippen LogP contribution in [0.25, 0.3) is 0 Å². The van der Waals surface area contributed by atoms with Crippen molar-refractivity contribution >= 4 is 5.96 Å². The number of nitrogens with zero attached hydrogens (tertiary/aromatic N) is 5. The molecular weight excluding hydrogens is 240 g/mol. The molecule has 0 bridgehead atoms. The summed E-state index contributed by atoms with van der Waals surface area (Å²) in [6.45, 7) is 5.91. The van der Waals surface area contributed by atoms with E-state index in [2.05, 4.69) is 31.6 Å². The molecule has 0 aromatic carbocycles. The fraction of sp³-hybridized carbons (Fsp3) is 0.769. The molecule has 0 radical (unpaired) electrons. The van der Waals surface area contributed by atoms with Gasteiger partial charge < -0.3 is 15.2 Å². The number of piperidine rings is 1. The van der Waals surface area contributed by atoms with Crippen molar-refractivity contribution in [3.63, 3.8) is 0 Å². The van der Waals surface area contributed by atoms with E-state index in [-0.39, 0.29) is 0 Å². The quantitative estimate of drug-likeness (QED) is 0.631. The monoisotopic (exact) mass is 262 g/mol. The predicted octanol–water partition coefficient (Wildman–Crippen LogP) is 0.771. The first-order valence-electron chi connectivity index (χ1n) is 7.20. The van der Waals surface area contributed by atoms with Gasteiger partial charge in [-0.25, -0.2) is 4.99 Å². The van der Waals surface area contributed by atoms with E-state index in [9.17, 15) is 0 Å². The van der Waals surface area contributed by atoms with Gasteiger partial charge >= 0.3 is 0 Å². The van der Waals surface area contributed by atoms with Gasteiger partial charge in [-0.15, -0.1) is 10.2 Å². The van der Waals surface area contributed by atoms with Crippen molar-refractivity contribution in [3.8, 4) is 0 Å². The number of fused-ring (bicyclic) bond motifs is 1. The molecule has 0 atom stereocenters. The molecule has 2 aliphatic heterocycles. The fourth-order valence-corrected chi connectivity index (χ4v) is 2.82. The van der Waals surface area contributed by atoms with Crippen LogP contribution >= 0.6 is 0 Å². The highest BCUT2D eigenvalue weighted by molar-refractivity contribution is 5.78. The lowest BCUT2D eigenvalue weighted by molar-refractivity contribution is 0.277. The Balaban J connectivity index is 1.62. The number of hydrogen-bond donors (Lipinski definition) is 1. The van der Waals surface area contributed by atoms with Crippen molar-refractivity contribution in [2.24, 2.45) is 16.6 Å². The number of aryl methyl sites for hydroxylation is 1. The van der Waals surface area contributed by atoms with Crippen LogP contribution in [0.2, 0.25) is 0 Å². The van der Waals surface area contributed by atoms with Gasteiger partial charge in [0.1, 0.15) is 12.4 Å². The minimum Gasteiger partial charge on any atom is -0.370 e. The molecule has 6 heteroatoms. The summed E-state index contributed by atoms with van der Waals surface area (Å²) in [6.07, 6.45) is 4.62. The van der Waals surface area contributed by atoms with E-state index in [1.165, 1.54) is 19.3 Å². The molecule has 104 valence electrons. The minimum atomic E-state index is 0.547. The Labute approximate surface area is 113 Å². The summed E-state index contributed by atoms with van der Waals surface area (Å²) in [5.41, 5.74) is 6.07. The SMILES string of the molecule is CC1CCN(C(N)=NCc2nnc3n2CCC3)CC1. The molecule has 2 aliphatic rings. The molecule has 0 aliphatic carbocycles. The third-order valence-corrected chi connectivity index (χ3v) is 4.18. The maximum atomic E-state index is 6.07. The van der Waals surface area contributed by atoms with E-state index >= 15 is 0 Å². The van der Waals surface area contributed by atoms with Gasteiger partial charge in [-0.3, -0.25) is 0 Å². The summed E-state index contributed by atoms with van der Waals surface area (Å²) in [5, 5.41) is 8.39. The van der Waals surface area contributed by atoms with Crippen LogP contribution < -0.4 is 5.73 Å². The Morgan fingerprint density at radius 3 is 2.89 bits per heavy atom. The van der Waals surface area contributed by atoms with Crippen molar-refractivity contribution in [1.82, 2.24) is 19.7 Å². The molecule has 19 heavy (non-hydrogen) atoms. The van der Waals surface area contributed by atoms with Crippen molar-refractivity contribution < 1.29 is 0 Å². The van der Waals surface area contributed by atoms with E-state index in [0.717, 1.165) is 43.6 Å². The summed E-state index contributed by atoms with van der Waals surface area (Å²) in [6, 6.07) is 0. The number of hydrogen-bond acceptors (Lipinski definition) is 3. The van der Waals surface area contributed by atoms with Gasteiger partial charge in [0.25, 0.3) is 0 Å². The first-order valence-corrected chi connectivity index (χ1v) is 7.20. The molecule has 2 N–H and O–H groups in total. The van der Waals surface area contributed by atoms with Crippen molar-refractivity contribution in [3.05, 3.63) is 11.6 Å². The second kappa shape index (κ2) is 5.19. The summed E-state index contributed by atoms with van der Waals surface area (Å²) < 4.78 is 2.18. The highest BCUT2D eigenvalue weighted by Gasteiger charge is 2.19. The third-order valence-electron chi connectivity index (χ3n) is 4.18. The minimum absolute atomic E-state index is 0.547. The number of nitrogens with two attached hydrogens (primary N) is 1. The Hall–Kier alpha value is -1.59. The molecule has 3 heterocycles. The van der Waals surface area contributed by atoms with Crippen LogP contribution in [-0.4, -0.2) is 38.7 Å². The fourth-order valence-electron chi connectivity index (χ4n) is 2.82. The van der Waals surface area contributed by atoms with Crippen LogP contribution in [0.1, 0.15) is 37.8 Å². The van der Waals surface area contributed by atoms with E-state index in [4.69, 9.17) is 5.73 Å². The molecule has 6 nitrogen and oxygen atoms in total. The van der Waals surface area contributed by atoms with Gasteiger partial charge in [0, 0.05) is 26.1 Å². The summed E-state index contributed by atoms with van der Waals surface area (Å²) >= 11 is 0. The highest BCUT2D eigenvalue weighted by Crippen LogP contribution is 2.16. The number of aliphatic imine (C=N–C) groups is 1. The van der Waals surface area contributed by atoms with Gasteiger partial charge in [-0.2, -0.15) is 0 Å². The largest absolute Gasteiger partial charge is 0.370 e. The smallest absolute Gasteiger partial charge is 0.191 e. The molecule has 3 rings (SSSR count). The van der Waals surface area contributed by atoms with Crippen LogP contribution in [-0.2, 0) is 19.5 Å². The predicted molar refractivity (Wildman–Crippen MR) is 73.6 cm³/mol. The second-order valence-electron chi connectivity index (χ2n) is 5.63. The first-order chi connectivity index (χ1) is 9.24. The number of guanidine groups is 1. The number of rotatable bonds is 2. The molecule has 0 amide bonds. The number of likely N-dealkylation sites (tertiary alicyclic amines) is 1. The summed E-state index contributed by atoms with van der Waals surface area (Å²) in [4.78, 5) is 6.67. The molecule has 1 fully saturated rings. The highest BCUT2D eigenvalue weighted by atomic mass is 15.3. The van der Waals surface area contributed by atoms with Gasteiger partial charge in [0.15, 0.2) is 11.8 Å². The van der Waals surface area contributed by atoms with Crippen LogP contribution in [0.5, 0.6) is 0 Å². The first kappa shape index (κ1) is 12.4.